The number of rotatable bonds is 5. The van der Waals surface area contributed by atoms with Gasteiger partial charge < -0.3 is 15.4 Å². The lowest BCUT2D eigenvalue weighted by Gasteiger charge is -2.22. The Morgan fingerprint density at radius 3 is 2.80 bits per heavy atom. The maximum Gasteiger partial charge on any atom is 0.193 e. The largest absolute Gasteiger partial charge is 0.382 e. The van der Waals surface area contributed by atoms with E-state index in [1.54, 1.807) is 12.4 Å². The van der Waals surface area contributed by atoms with E-state index < -0.39 is 0 Å². The third-order valence-corrected chi connectivity index (χ3v) is 4.31. The van der Waals surface area contributed by atoms with Gasteiger partial charge in [0.25, 0.3) is 0 Å². The number of para-hydroxylation sites is 1. The van der Waals surface area contributed by atoms with Crippen LogP contribution >= 0.6 is 23.8 Å². The number of nitrogens with zero attached hydrogens (tertiary/aromatic N) is 1. The van der Waals surface area contributed by atoms with Crippen molar-refractivity contribution >= 4 is 40.3 Å². The van der Waals surface area contributed by atoms with Crippen molar-refractivity contribution in [1.82, 2.24) is 10.3 Å². The first-order chi connectivity index (χ1) is 12.1. The van der Waals surface area contributed by atoms with E-state index in [0.29, 0.717) is 34.4 Å². The Bertz CT molecular complexity index is 824. The number of nitrogens with one attached hydrogen (secondary N) is 2. The number of pyridine rings is 1. The molecule has 128 valence electrons. The fourth-order valence-electron chi connectivity index (χ4n) is 2.43. The summed E-state index contributed by atoms with van der Waals surface area (Å²) in [5.74, 6) is -0.150. The number of anilines is 1. The SMILES string of the molecule is O=C1COCC(NCc2ccncc2Cl)=C1C(=S)Nc1ccccc1. The third-order valence-electron chi connectivity index (χ3n) is 3.67. The second kappa shape index (κ2) is 8.20. The molecule has 0 atom stereocenters. The van der Waals surface area contributed by atoms with Crippen LogP contribution in [-0.2, 0) is 16.1 Å². The first-order valence-electron chi connectivity index (χ1n) is 7.68. The van der Waals surface area contributed by atoms with E-state index in [4.69, 9.17) is 28.6 Å². The van der Waals surface area contributed by atoms with E-state index in [-0.39, 0.29) is 12.4 Å². The topological polar surface area (TPSA) is 63.2 Å². The molecule has 0 saturated carbocycles. The predicted molar refractivity (Wildman–Crippen MR) is 102 cm³/mol. The minimum absolute atomic E-state index is 0.0210. The average Bonchev–Trinajstić information content (AvgIpc) is 2.62. The lowest BCUT2D eigenvalue weighted by atomic mass is 10.1. The van der Waals surface area contributed by atoms with Gasteiger partial charge >= 0.3 is 0 Å². The normalized spacial score (nSPS) is 14.4. The predicted octanol–water partition coefficient (Wildman–Crippen LogP) is 3.12. The lowest BCUT2D eigenvalue weighted by Crippen LogP contribution is -2.34. The van der Waals surface area contributed by atoms with Crippen molar-refractivity contribution in [2.75, 3.05) is 18.5 Å². The molecule has 0 saturated heterocycles. The van der Waals surface area contributed by atoms with Crippen LogP contribution in [0.1, 0.15) is 5.56 Å². The van der Waals surface area contributed by atoms with Crippen molar-refractivity contribution in [3.05, 3.63) is 70.6 Å². The molecule has 5 nitrogen and oxygen atoms in total. The summed E-state index contributed by atoms with van der Waals surface area (Å²) in [6.45, 7) is 0.762. The van der Waals surface area contributed by atoms with Gasteiger partial charge in [0.1, 0.15) is 11.6 Å². The van der Waals surface area contributed by atoms with Crippen LogP contribution in [-0.4, -0.2) is 29.0 Å². The van der Waals surface area contributed by atoms with Crippen molar-refractivity contribution in [2.45, 2.75) is 6.54 Å². The van der Waals surface area contributed by atoms with Crippen molar-refractivity contribution in [2.24, 2.45) is 0 Å². The number of benzene rings is 1. The Morgan fingerprint density at radius 2 is 2.04 bits per heavy atom. The molecule has 1 aromatic heterocycles. The Balaban J connectivity index is 1.79. The van der Waals surface area contributed by atoms with Gasteiger partial charge in [0.15, 0.2) is 5.78 Å². The van der Waals surface area contributed by atoms with Gasteiger partial charge in [0, 0.05) is 24.6 Å². The van der Waals surface area contributed by atoms with Crippen LogP contribution in [0.4, 0.5) is 5.69 Å². The van der Waals surface area contributed by atoms with Crippen LogP contribution in [0.25, 0.3) is 0 Å². The monoisotopic (exact) mass is 373 g/mol. The molecule has 0 fully saturated rings. The van der Waals surface area contributed by atoms with Crippen LogP contribution in [0, 0.1) is 0 Å². The van der Waals surface area contributed by atoms with Crippen molar-refractivity contribution in [3.8, 4) is 0 Å². The maximum absolute atomic E-state index is 12.3. The Morgan fingerprint density at radius 1 is 1.24 bits per heavy atom. The molecule has 3 rings (SSSR count). The molecule has 0 aliphatic carbocycles. The summed E-state index contributed by atoms with van der Waals surface area (Å²) in [5.41, 5.74) is 2.81. The molecule has 25 heavy (non-hydrogen) atoms. The summed E-state index contributed by atoms with van der Waals surface area (Å²) in [5, 5.41) is 6.88. The van der Waals surface area contributed by atoms with E-state index in [9.17, 15) is 4.79 Å². The van der Waals surface area contributed by atoms with Gasteiger partial charge in [0.2, 0.25) is 0 Å². The van der Waals surface area contributed by atoms with Crippen molar-refractivity contribution in [3.63, 3.8) is 0 Å². The minimum Gasteiger partial charge on any atom is -0.382 e. The molecule has 2 aromatic rings. The Kier molecular flexibility index (Phi) is 5.75. The summed E-state index contributed by atoms with van der Waals surface area (Å²) < 4.78 is 5.34. The van der Waals surface area contributed by atoms with E-state index in [1.165, 1.54) is 0 Å². The number of hydrogen-bond donors (Lipinski definition) is 2. The molecule has 0 unspecified atom stereocenters. The van der Waals surface area contributed by atoms with Crippen LogP contribution in [0.3, 0.4) is 0 Å². The van der Waals surface area contributed by atoms with Crippen LogP contribution in [0.15, 0.2) is 60.1 Å². The number of carbonyl (C=O) groups is 1. The number of thiocarbonyl (C=S) groups is 1. The van der Waals surface area contributed by atoms with Gasteiger partial charge in [-0.25, -0.2) is 0 Å². The highest BCUT2D eigenvalue weighted by molar-refractivity contribution is 7.81. The van der Waals surface area contributed by atoms with Gasteiger partial charge in [-0.05, 0) is 23.8 Å². The molecule has 1 aliphatic heterocycles. The standard InChI is InChI=1S/C18H16ClN3O2S/c19-14-9-20-7-6-12(14)8-21-15-10-24-11-16(23)17(15)18(25)22-13-4-2-1-3-5-13/h1-7,9,21H,8,10-11H2,(H,22,25). The molecular formula is C18H16ClN3O2S. The van der Waals surface area contributed by atoms with E-state index in [0.717, 1.165) is 11.3 Å². The Hall–Kier alpha value is -2.28. The number of carbonyl (C=O) groups excluding carboxylic acids is 1. The molecule has 0 radical (unpaired) electrons. The minimum atomic E-state index is -0.150. The molecule has 0 spiro atoms. The zero-order chi connectivity index (χ0) is 17.6. The quantitative estimate of drug-likeness (QED) is 0.785. The third kappa shape index (κ3) is 4.42. The molecule has 1 aliphatic rings. The van der Waals surface area contributed by atoms with E-state index in [2.05, 4.69) is 15.6 Å². The van der Waals surface area contributed by atoms with Gasteiger partial charge in [-0.2, -0.15) is 0 Å². The highest BCUT2D eigenvalue weighted by atomic mass is 35.5. The number of hydrogen-bond acceptors (Lipinski definition) is 5. The van der Waals surface area contributed by atoms with Crippen LogP contribution in [0.2, 0.25) is 5.02 Å². The lowest BCUT2D eigenvalue weighted by molar-refractivity contribution is -0.120. The average molecular weight is 374 g/mol. The van der Waals surface area contributed by atoms with Gasteiger partial charge in [-0.3, -0.25) is 9.78 Å². The summed E-state index contributed by atoms with van der Waals surface area (Å²) in [7, 11) is 0. The summed E-state index contributed by atoms with van der Waals surface area (Å²) in [6, 6.07) is 11.3. The fraction of sp³-hybridized carbons (Fsp3) is 0.167. The molecule has 2 N–H and O–H groups in total. The van der Waals surface area contributed by atoms with Gasteiger partial charge in [-0.15, -0.1) is 0 Å². The molecule has 0 bridgehead atoms. The van der Waals surface area contributed by atoms with E-state index in [1.807, 2.05) is 36.4 Å². The second-order valence-corrected chi connectivity index (χ2v) is 6.23. The van der Waals surface area contributed by atoms with Crippen molar-refractivity contribution < 1.29 is 9.53 Å². The van der Waals surface area contributed by atoms with Crippen molar-refractivity contribution in [1.29, 1.82) is 0 Å². The van der Waals surface area contributed by atoms with Gasteiger partial charge in [-0.1, -0.05) is 42.0 Å². The summed E-state index contributed by atoms with van der Waals surface area (Å²) in [6.07, 6.45) is 3.25. The Labute approximate surface area is 156 Å². The zero-order valence-electron chi connectivity index (χ0n) is 13.3. The number of halogens is 1. The molecule has 7 heteroatoms. The molecule has 2 heterocycles. The molecule has 0 amide bonds. The number of Topliss-reactive ketones (excluding diaryl/α,β-unsaturated/α-hetero) is 1. The number of ether oxygens (including phenoxy) is 1. The van der Waals surface area contributed by atoms with Gasteiger partial charge in [0.05, 0.1) is 22.9 Å². The first-order valence-corrected chi connectivity index (χ1v) is 8.46. The molecule has 1 aromatic carbocycles. The van der Waals surface area contributed by atoms with E-state index >= 15 is 0 Å². The highest BCUT2D eigenvalue weighted by Gasteiger charge is 2.25. The number of aromatic nitrogens is 1. The van der Waals surface area contributed by atoms with Crippen LogP contribution < -0.4 is 10.6 Å². The van der Waals surface area contributed by atoms with Crippen LogP contribution in [0.5, 0.6) is 0 Å². The second-order valence-electron chi connectivity index (χ2n) is 5.41. The molecular weight excluding hydrogens is 358 g/mol. The number of ketones is 1. The smallest absolute Gasteiger partial charge is 0.193 e. The highest BCUT2D eigenvalue weighted by Crippen LogP contribution is 2.18. The maximum atomic E-state index is 12.3. The summed E-state index contributed by atoms with van der Waals surface area (Å²) in [4.78, 5) is 16.7. The summed E-state index contributed by atoms with van der Waals surface area (Å²) >= 11 is 11.6. The zero-order valence-corrected chi connectivity index (χ0v) is 14.9. The first kappa shape index (κ1) is 17.5. The fourth-order valence-corrected chi connectivity index (χ4v) is 2.97.